The Morgan fingerprint density at radius 1 is 1.48 bits per heavy atom. The van der Waals surface area contributed by atoms with Crippen molar-refractivity contribution in [1.82, 2.24) is 10.3 Å². The minimum Gasteiger partial charge on any atom is -0.493 e. The van der Waals surface area contributed by atoms with Gasteiger partial charge in [-0.1, -0.05) is 28.9 Å². The Bertz CT molecular complexity index is 614. The largest absolute Gasteiger partial charge is 0.493 e. The topological polar surface area (TPSA) is 34.2 Å². The summed E-state index contributed by atoms with van der Waals surface area (Å²) in [6.45, 7) is 3.78. The summed E-state index contributed by atoms with van der Waals surface area (Å²) < 4.78 is 6.91. The molecule has 1 aromatic heterocycles. The van der Waals surface area contributed by atoms with Crippen molar-refractivity contribution in [3.63, 3.8) is 0 Å². The second-order valence-corrected chi connectivity index (χ2v) is 7.30. The van der Waals surface area contributed by atoms with Crippen molar-refractivity contribution in [2.45, 2.75) is 38.8 Å². The Kier molecular flexibility index (Phi) is 4.93. The fraction of sp³-hybridized carbons (Fsp3) is 0.438. The van der Waals surface area contributed by atoms with E-state index in [0.717, 1.165) is 47.6 Å². The first-order chi connectivity index (χ1) is 10.3. The molecule has 21 heavy (non-hydrogen) atoms. The van der Waals surface area contributed by atoms with Crippen molar-refractivity contribution in [2.24, 2.45) is 0 Å². The van der Waals surface area contributed by atoms with E-state index in [0.29, 0.717) is 6.04 Å². The summed E-state index contributed by atoms with van der Waals surface area (Å²) in [6.07, 6.45) is 5.22. The highest BCUT2D eigenvalue weighted by molar-refractivity contribution is 9.10. The van der Waals surface area contributed by atoms with Crippen LogP contribution in [-0.2, 0) is 13.0 Å². The van der Waals surface area contributed by atoms with E-state index in [9.17, 15) is 0 Å². The van der Waals surface area contributed by atoms with E-state index in [1.165, 1.54) is 10.4 Å². The van der Waals surface area contributed by atoms with E-state index >= 15 is 0 Å². The number of aromatic nitrogens is 1. The van der Waals surface area contributed by atoms with Crippen molar-refractivity contribution in [3.05, 3.63) is 44.3 Å². The normalized spacial score (nSPS) is 17.9. The van der Waals surface area contributed by atoms with Gasteiger partial charge < -0.3 is 10.1 Å². The summed E-state index contributed by atoms with van der Waals surface area (Å²) in [7, 11) is 0. The molecule has 0 fully saturated rings. The van der Waals surface area contributed by atoms with Crippen LogP contribution in [0.15, 0.2) is 28.9 Å². The van der Waals surface area contributed by atoms with E-state index in [4.69, 9.17) is 4.74 Å². The Labute approximate surface area is 137 Å². The van der Waals surface area contributed by atoms with Crippen LogP contribution in [-0.4, -0.2) is 11.6 Å². The van der Waals surface area contributed by atoms with Crippen LogP contribution >= 0.6 is 27.3 Å². The number of benzene rings is 1. The molecule has 1 aliphatic heterocycles. The third-order valence-corrected chi connectivity index (χ3v) is 5.33. The molecule has 1 aromatic carbocycles. The minimum atomic E-state index is 0.338. The van der Waals surface area contributed by atoms with Gasteiger partial charge in [0, 0.05) is 33.7 Å². The highest BCUT2D eigenvalue weighted by Crippen LogP contribution is 2.34. The van der Waals surface area contributed by atoms with Gasteiger partial charge in [0.05, 0.1) is 6.61 Å². The Morgan fingerprint density at radius 3 is 3.19 bits per heavy atom. The smallest absolute Gasteiger partial charge is 0.125 e. The number of nitrogens with one attached hydrogen (secondary N) is 1. The number of thiazole rings is 1. The lowest BCUT2D eigenvalue weighted by molar-refractivity contribution is 0.315. The molecule has 0 spiro atoms. The number of hydrogen-bond donors (Lipinski definition) is 1. The first-order valence-electron chi connectivity index (χ1n) is 7.35. The molecule has 0 bridgehead atoms. The summed E-state index contributed by atoms with van der Waals surface area (Å²) in [4.78, 5) is 5.83. The third-order valence-electron chi connectivity index (χ3n) is 3.70. The lowest BCUT2D eigenvalue weighted by Gasteiger charge is -2.18. The molecule has 1 atom stereocenters. The van der Waals surface area contributed by atoms with Gasteiger partial charge in [-0.2, -0.15) is 0 Å². The minimum absolute atomic E-state index is 0.338. The SMILES string of the molecule is CCc1cnc(CNC2CCCOc3cc(Br)ccc32)s1. The zero-order chi connectivity index (χ0) is 14.7. The summed E-state index contributed by atoms with van der Waals surface area (Å²) in [5, 5.41) is 4.81. The average molecular weight is 367 g/mol. The third kappa shape index (κ3) is 3.65. The first-order valence-corrected chi connectivity index (χ1v) is 8.96. The zero-order valence-electron chi connectivity index (χ0n) is 12.1. The lowest BCUT2D eigenvalue weighted by atomic mass is 10.0. The van der Waals surface area contributed by atoms with Crippen LogP contribution in [0.2, 0.25) is 0 Å². The predicted molar refractivity (Wildman–Crippen MR) is 89.9 cm³/mol. The fourth-order valence-electron chi connectivity index (χ4n) is 2.56. The molecule has 2 heterocycles. The molecule has 0 radical (unpaired) electrons. The zero-order valence-corrected chi connectivity index (χ0v) is 14.5. The van der Waals surface area contributed by atoms with E-state index in [1.54, 1.807) is 11.3 Å². The van der Waals surface area contributed by atoms with Gasteiger partial charge in [0.15, 0.2) is 0 Å². The van der Waals surface area contributed by atoms with Crippen LogP contribution in [0, 0.1) is 0 Å². The molecule has 0 aliphatic carbocycles. The number of aryl methyl sites for hydroxylation is 1. The van der Waals surface area contributed by atoms with Gasteiger partial charge in [0.25, 0.3) is 0 Å². The van der Waals surface area contributed by atoms with Gasteiger partial charge in [-0.05, 0) is 31.4 Å². The summed E-state index contributed by atoms with van der Waals surface area (Å²) >= 11 is 5.31. The number of fused-ring (bicyclic) bond motifs is 1. The second kappa shape index (κ2) is 6.90. The van der Waals surface area contributed by atoms with Gasteiger partial charge in [0.1, 0.15) is 10.8 Å². The number of hydrogen-bond acceptors (Lipinski definition) is 4. The molecule has 0 amide bonds. The van der Waals surface area contributed by atoms with Crippen molar-refractivity contribution >= 4 is 27.3 Å². The predicted octanol–water partition coefficient (Wildman–Crippen LogP) is 4.47. The van der Waals surface area contributed by atoms with Crippen LogP contribution in [0.1, 0.15) is 41.3 Å². The molecule has 3 nitrogen and oxygen atoms in total. The van der Waals surface area contributed by atoms with Crippen LogP contribution in [0.3, 0.4) is 0 Å². The van der Waals surface area contributed by atoms with E-state index in [2.05, 4.69) is 51.4 Å². The van der Waals surface area contributed by atoms with Crippen LogP contribution < -0.4 is 10.1 Å². The van der Waals surface area contributed by atoms with E-state index < -0.39 is 0 Å². The Morgan fingerprint density at radius 2 is 2.38 bits per heavy atom. The van der Waals surface area contributed by atoms with Crippen LogP contribution in [0.5, 0.6) is 5.75 Å². The van der Waals surface area contributed by atoms with Gasteiger partial charge in [-0.25, -0.2) is 4.98 Å². The van der Waals surface area contributed by atoms with Gasteiger partial charge in [0.2, 0.25) is 0 Å². The summed E-state index contributed by atoms with van der Waals surface area (Å²) in [5.41, 5.74) is 1.25. The molecule has 112 valence electrons. The Balaban J connectivity index is 1.73. The average Bonchev–Trinajstić information content (AvgIpc) is 2.86. The standard InChI is InChI=1S/C16H19BrN2OS/c1-2-12-9-19-16(21-12)10-18-14-4-3-7-20-15-8-11(17)5-6-13(14)15/h5-6,8-9,14,18H,2-4,7,10H2,1H3. The number of rotatable bonds is 4. The molecular weight excluding hydrogens is 348 g/mol. The van der Waals surface area contributed by atoms with Crippen molar-refractivity contribution in [3.8, 4) is 5.75 Å². The molecular formula is C16H19BrN2OS. The van der Waals surface area contributed by atoms with E-state index in [1.807, 2.05) is 6.20 Å². The second-order valence-electron chi connectivity index (χ2n) is 5.18. The fourth-order valence-corrected chi connectivity index (χ4v) is 3.72. The van der Waals surface area contributed by atoms with Gasteiger partial charge in [-0.15, -0.1) is 11.3 Å². The molecule has 1 N–H and O–H groups in total. The van der Waals surface area contributed by atoms with Crippen molar-refractivity contribution < 1.29 is 4.74 Å². The number of ether oxygens (including phenoxy) is 1. The maximum atomic E-state index is 5.85. The molecule has 5 heteroatoms. The molecule has 0 saturated carbocycles. The van der Waals surface area contributed by atoms with Gasteiger partial charge >= 0.3 is 0 Å². The van der Waals surface area contributed by atoms with Crippen molar-refractivity contribution in [2.75, 3.05) is 6.61 Å². The summed E-state index contributed by atoms with van der Waals surface area (Å²) in [5.74, 6) is 0.993. The van der Waals surface area contributed by atoms with Gasteiger partial charge in [-0.3, -0.25) is 0 Å². The van der Waals surface area contributed by atoms with Crippen LogP contribution in [0.25, 0.3) is 0 Å². The molecule has 2 aromatic rings. The quantitative estimate of drug-likeness (QED) is 0.866. The lowest BCUT2D eigenvalue weighted by Crippen LogP contribution is -2.20. The monoisotopic (exact) mass is 366 g/mol. The highest BCUT2D eigenvalue weighted by atomic mass is 79.9. The maximum Gasteiger partial charge on any atom is 0.125 e. The highest BCUT2D eigenvalue weighted by Gasteiger charge is 2.19. The van der Waals surface area contributed by atoms with E-state index in [-0.39, 0.29) is 0 Å². The Hall–Kier alpha value is -0.910. The molecule has 0 saturated heterocycles. The summed E-state index contributed by atoms with van der Waals surface area (Å²) in [6, 6.07) is 6.64. The number of nitrogens with zero attached hydrogens (tertiary/aromatic N) is 1. The molecule has 1 aliphatic rings. The first kappa shape index (κ1) is 15.0. The number of halogens is 1. The van der Waals surface area contributed by atoms with Crippen LogP contribution in [0.4, 0.5) is 0 Å². The van der Waals surface area contributed by atoms with Crippen molar-refractivity contribution in [1.29, 1.82) is 0 Å². The molecule has 3 rings (SSSR count). The maximum absolute atomic E-state index is 5.85. The molecule has 1 unspecified atom stereocenters.